The van der Waals surface area contributed by atoms with Crippen molar-refractivity contribution in [2.75, 3.05) is 0 Å². The van der Waals surface area contributed by atoms with Crippen molar-refractivity contribution in [2.24, 2.45) is 5.84 Å². The highest BCUT2D eigenvalue weighted by atomic mass is 35.5. The molecule has 0 bridgehead atoms. The summed E-state index contributed by atoms with van der Waals surface area (Å²) in [6.45, 7) is 0. The minimum Gasteiger partial charge on any atom is -0.271 e. The van der Waals surface area contributed by atoms with Crippen LogP contribution in [0.25, 0.3) is 10.8 Å². The van der Waals surface area contributed by atoms with Crippen molar-refractivity contribution < 1.29 is 0 Å². The lowest BCUT2D eigenvalue weighted by molar-refractivity contribution is 0.637. The SMILES string of the molecule is NNC(c1ccnc(Cl)c1)c1ccc2ccccc2c1. The summed E-state index contributed by atoms with van der Waals surface area (Å²) in [4.78, 5) is 4.00. The predicted molar refractivity (Wildman–Crippen MR) is 82.4 cm³/mol. The second-order valence-electron chi connectivity index (χ2n) is 4.62. The van der Waals surface area contributed by atoms with Crippen molar-refractivity contribution in [3.8, 4) is 0 Å². The molecule has 0 fully saturated rings. The van der Waals surface area contributed by atoms with Crippen molar-refractivity contribution in [3.05, 3.63) is 77.1 Å². The molecule has 100 valence electrons. The predicted octanol–water partition coefficient (Wildman–Crippen LogP) is 3.44. The van der Waals surface area contributed by atoms with Crippen LogP contribution in [0.2, 0.25) is 5.15 Å². The third-order valence-electron chi connectivity index (χ3n) is 3.36. The highest BCUT2D eigenvalue weighted by Crippen LogP contribution is 2.25. The summed E-state index contributed by atoms with van der Waals surface area (Å²) < 4.78 is 0. The number of benzene rings is 2. The first kappa shape index (κ1) is 13.1. The maximum atomic E-state index is 5.95. The molecule has 1 unspecified atom stereocenters. The van der Waals surface area contributed by atoms with E-state index in [1.807, 2.05) is 24.3 Å². The number of fused-ring (bicyclic) bond motifs is 1. The van der Waals surface area contributed by atoms with Crippen LogP contribution in [-0.2, 0) is 0 Å². The molecule has 20 heavy (non-hydrogen) atoms. The molecule has 3 nitrogen and oxygen atoms in total. The summed E-state index contributed by atoms with van der Waals surface area (Å²) in [6, 6.07) is 18.2. The van der Waals surface area contributed by atoms with E-state index in [2.05, 4.69) is 40.7 Å². The number of rotatable bonds is 3. The van der Waals surface area contributed by atoms with Crippen molar-refractivity contribution in [2.45, 2.75) is 6.04 Å². The highest BCUT2D eigenvalue weighted by molar-refractivity contribution is 6.29. The van der Waals surface area contributed by atoms with E-state index in [1.54, 1.807) is 6.20 Å². The van der Waals surface area contributed by atoms with Crippen LogP contribution in [-0.4, -0.2) is 4.98 Å². The van der Waals surface area contributed by atoms with Gasteiger partial charge in [0.05, 0.1) is 6.04 Å². The highest BCUT2D eigenvalue weighted by Gasteiger charge is 2.13. The number of aromatic nitrogens is 1. The van der Waals surface area contributed by atoms with Crippen molar-refractivity contribution in [3.63, 3.8) is 0 Å². The number of halogens is 1. The molecule has 1 atom stereocenters. The summed E-state index contributed by atoms with van der Waals surface area (Å²) >= 11 is 5.95. The van der Waals surface area contributed by atoms with Crippen LogP contribution in [0.15, 0.2) is 60.8 Å². The van der Waals surface area contributed by atoms with Gasteiger partial charge in [-0.05, 0) is 40.1 Å². The molecule has 0 spiro atoms. The van der Waals surface area contributed by atoms with Crippen molar-refractivity contribution >= 4 is 22.4 Å². The Morgan fingerprint density at radius 1 is 0.950 bits per heavy atom. The summed E-state index contributed by atoms with van der Waals surface area (Å²) in [5.74, 6) is 5.72. The lowest BCUT2D eigenvalue weighted by atomic mass is 9.97. The molecule has 0 aliphatic carbocycles. The quantitative estimate of drug-likeness (QED) is 0.440. The van der Waals surface area contributed by atoms with Crippen LogP contribution >= 0.6 is 11.6 Å². The molecule has 0 radical (unpaired) electrons. The number of pyridine rings is 1. The van der Waals surface area contributed by atoms with Gasteiger partial charge in [0, 0.05) is 6.20 Å². The summed E-state index contributed by atoms with van der Waals surface area (Å²) in [7, 11) is 0. The maximum absolute atomic E-state index is 5.95. The normalized spacial score (nSPS) is 12.5. The van der Waals surface area contributed by atoms with Gasteiger partial charge in [-0.15, -0.1) is 0 Å². The number of nitrogens with two attached hydrogens (primary N) is 1. The zero-order valence-corrected chi connectivity index (χ0v) is 11.5. The number of nitrogens with one attached hydrogen (secondary N) is 1. The molecule has 4 heteroatoms. The average molecular weight is 284 g/mol. The lowest BCUT2D eigenvalue weighted by Gasteiger charge is -2.17. The smallest absolute Gasteiger partial charge is 0.129 e. The molecule has 1 aromatic heterocycles. The van der Waals surface area contributed by atoms with Crippen LogP contribution in [0.5, 0.6) is 0 Å². The Morgan fingerprint density at radius 2 is 1.70 bits per heavy atom. The zero-order chi connectivity index (χ0) is 13.9. The topological polar surface area (TPSA) is 50.9 Å². The molecular weight excluding hydrogens is 270 g/mol. The van der Waals surface area contributed by atoms with Gasteiger partial charge in [-0.2, -0.15) is 0 Å². The van der Waals surface area contributed by atoms with Crippen molar-refractivity contribution in [1.29, 1.82) is 0 Å². The van der Waals surface area contributed by atoms with Gasteiger partial charge in [0.15, 0.2) is 0 Å². The summed E-state index contributed by atoms with van der Waals surface area (Å²) in [6.07, 6.45) is 1.68. The van der Waals surface area contributed by atoms with E-state index in [9.17, 15) is 0 Å². The Morgan fingerprint density at radius 3 is 2.45 bits per heavy atom. The minimum atomic E-state index is -0.111. The van der Waals surface area contributed by atoms with Crippen LogP contribution in [0.1, 0.15) is 17.2 Å². The third-order valence-corrected chi connectivity index (χ3v) is 3.56. The Labute approximate surface area is 122 Å². The second-order valence-corrected chi connectivity index (χ2v) is 5.01. The Bertz CT molecular complexity index is 742. The van der Waals surface area contributed by atoms with Gasteiger partial charge < -0.3 is 0 Å². The molecule has 0 aliphatic heterocycles. The van der Waals surface area contributed by atoms with Gasteiger partial charge in [-0.3, -0.25) is 5.84 Å². The maximum Gasteiger partial charge on any atom is 0.129 e. The number of hydrogen-bond donors (Lipinski definition) is 2. The first-order valence-corrected chi connectivity index (χ1v) is 6.72. The molecular formula is C16H14ClN3. The van der Waals surface area contributed by atoms with E-state index in [1.165, 1.54) is 10.8 Å². The van der Waals surface area contributed by atoms with E-state index < -0.39 is 0 Å². The van der Waals surface area contributed by atoms with Gasteiger partial charge in [0.1, 0.15) is 5.15 Å². The standard InChI is InChI=1S/C16H14ClN3/c17-15-10-14(7-8-19-15)16(20-18)13-6-5-11-3-1-2-4-12(11)9-13/h1-10,16,20H,18H2. The van der Waals surface area contributed by atoms with Gasteiger partial charge in [0.25, 0.3) is 0 Å². The van der Waals surface area contributed by atoms with E-state index in [4.69, 9.17) is 17.4 Å². The van der Waals surface area contributed by atoms with Crippen molar-refractivity contribution in [1.82, 2.24) is 10.4 Å². The molecule has 0 saturated heterocycles. The first-order chi connectivity index (χ1) is 9.78. The van der Waals surface area contributed by atoms with Gasteiger partial charge in [-0.1, -0.05) is 48.0 Å². The van der Waals surface area contributed by atoms with E-state index >= 15 is 0 Å². The van der Waals surface area contributed by atoms with E-state index in [-0.39, 0.29) is 6.04 Å². The molecule has 3 rings (SSSR count). The van der Waals surface area contributed by atoms with Crippen LogP contribution in [0, 0.1) is 0 Å². The molecule has 1 heterocycles. The monoisotopic (exact) mass is 283 g/mol. The fraction of sp³-hybridized carbons (Fsp3) is 0.0625. The zero-order valence-electron chi connectivity index (χ0n) is 10.8. The van der Waals surface area contributed by atoms with E-state index in [0.717, 1.165) is 11.1 Å². The summed E-state index contributed by atoms with van der Waals surface area (Å²) in [5, 5.41) is 2.86. The molecule has 0 amide bonds. The Balaban J connectivity index is 2.07. The largest absolute Gasteiger partial charge is 0.271 e. The van der Waals surface area contributed by atoms with Gasteiger partial charge >= 0.3 is 0 Å². The number of hydrazine groups is 1. The third kappa shape index (κ3) is 2.51. The second kappa shape index (κ2) is 5.59. The lowest BCUT2D eigenvalue weighted by Crippen LogP contribution is -2.28. The molecule has 3 aromatic rings. The Hall–Kier alpha value is -1.94. The molecule has 3 N–H and O–H groups in total. The van der Waals surface area contributed by atoms with Gasteiger partial charge in [-0.25, -0.2) is 10.4 Å². The van der Waals surface area contributed by atoms with Crippen LogP contribution < -0.4 is 11.3 Å². The van der Waals surface area contributed by atoms with Crippen LogP contribution in [0.3, 0.4) is 0 Å². The number of nitrogens with zero attached hydrogens (tertiary/aromatic N) is 1. The first-order valence-electron chi connectivity index (χ1n) is 6.34. The average Bonchev–Trinajstić information content (AvgIpc) is 2.48. The molecule has 0 aliphatic rings. The van der Waals surface area contributed by atoms with Crippen LogP contribution in [0.4, 0.5) is 0 Å². The fourth-order valence-corrected chi connectivity index (χ4v) is 2.55. The number of hydrogen-bond acceptors (Lipinski definition) is 3. The molecule has 0 saturated carbocycles. The molecule has 2 aromatic carbocycles. The fourth-order valence-electron chi connectivity index (χ4n) is 2.37. The summed E-state index contributed by atoms with van der Waals surface area (Å²) in [5.41, 5.74) is 4.92. The Kier molecular flexibility index (Phi) is 3.65. The minimum absolute atomic E-state index is 0.111. The van der Waals surface area contributed by atoms with E-state index in [0.29, 0.717) is 5.15 Å². The van der Waals surface area contributed by atoms with Gasteiger partial charge in [0.2, 0.25) is 0 Å².